The Morgan fingerprint density at radius 3 is 0.965 bits per heavy atom. The predicted molar refractivity (Wildman–Crippen MR) is 482 cm³/mol. The topological polar surface area (TPSA) is 25.4 Å². The van der Waals surface area contributed by atoms with Gasteiger partial charge in [-0.25, -0.2) is 0 Å². The van der Waals surface area contributed by atoms with Crippen LogP contribution in [0.15, 0.2) is 419 Å². The van der Waals surface area contributed by atoms with Crippen LogP contribution in [0.1, 0.15) is 0 Å². The van der Waals surface area contributed by atoms with Gasteiger partial charge in [0.2, 0.25) is 0 Å². The van der Waals surface area contributed by atoms with Crippen LogP contribution < -0.4 is 62.0 Å². The molecule has 23 rings (SSSR count). The molecule has 4 aliphatic rings. The second-order valence-corrected chi connectivity index (χ2v) is 30.1. The largest absolute Gasteiger partial charge is 0.458 e. The first-order valence-corrected chi connectivity index (χ1v) is 39.4. The molecule has 0 unspecified atom stereocenters. The van der Waals surface area contributed by atoms with Crippen LogP contribution >= 0.6 is 0 Å². The highest BCUT2D eigenvalue weighted by Crippen LogP contribution is 2.55. The maximum Gasteiger partial charge on any atom is 0.256 e. The van der Waals surface area contributed by atoms with Crippen molar-refractivity contribution in [3.63, 3.8) is 0 Å². The molecule has 0 saturated heterocycles. The van der Waals surface area contributed by atoms with Gasteiger partial charge in [-0.2, -0.15) is 0 Å². The summed E-state index contributed by atoms with van der Waals surface area (Å²) in [6, 6.07) is 155. The number of para-hydroxylation sites is 7. The lowest BCUT2D eigenvalue weighted by molar-refractivity contribution is 0.488. The van der Waals surface area contributed by atoms with Gasteiger partial charge >= 0.3 is 0 Å². The van der Waals surface area contributed by atoms with E-state index in [1.54, 1.807) is 0 Å². The van der Waals surface area contributed by atoms with Crippen molar-refractivity contribution in [2.75, 3.05) is 24.5 Å². The zero-order valence-corrected chi connectivity index (χ0v) is 62.1. The van der Waals surface area contributed by atoms with Gasteiger partial charge in [-0.15, -0.1) is 0 Å². The lowest BCUT2D eigenvalue weighted by Gasteiger charge is -2.46. The molecule has 19 aromatic carbocycles. The van der Waals surface area contributed by atoms with E-state index >= 15 is 0 Å². The summed E-state index contributed by atoms with van der Waals surface area (Å²) in [4.78, 5) is 12.5. The van der Waals surface area contributed by atoms with Crippen LogP contribution in [0, 0.1) is 0 Å². The molecule has 8 heteroatoms. The molecule has 0 spiro atoms. The van der Waals surface area contributed by atoms with Gasteiger partial charge in [0.15, 0.2) is 0 Å². The first-order chi connectivity index (χ1) is 56.6. The Bertz CT molecular complexity index is 6850. The molecule has 0 N–H and O–H groups in total. The lowest BCUT2D eigenvalue weighted by atomic mass is 9.30. The molecule has 19 aromatic rings. The van der Waals surface area contributed by atoms with Crippen molar-refractivity contribution in [3.8, 4) is 44.9 Å². The van der Waals surface area contributed by atoms with Crippen LogP contribution in [0.5, 0.6) is 11.5 Å². The maximum atomic E-state index is 8.11. The Balaban J connectivity index is 0.798. The number of hydrogen-bond acceptors (Lipinski definition) is 6. The fourth-order valence-corrected chi connectivity index (χ4v) is 19.3. The Morgan fingerprint density at radius 1 is 0.202 bits per heavy atom. The first-order valence-electron chi connectivity index (χ1n) is 39.4. The fourth-order valence-electron chi connectivity index (χ4n) is 19.3. The maximum absolute atomic E-state index is 8.11. The number of anilines is 15. The fraction of sp³-hybridized carbons (Fsp3) is 0. The zero-order valence-electron chi connectivity index (χ0n) is 62.1. The minimum atomic E-state index is -0.277. The summed E-state index contributed by atoms with van der Waals surface area (Å²) in [6.07, 6.45) is 0. The molecule has 4 aliphatic heterocycles. The number of rotatable bonds is 12. The van der Waals surface area contributed by atoms with Crippen molar-refractivity contribution in [1.82, 2.24) is 0 Å². The number of benzene rings is 19. The number of ether oxygens (including phenoxy) is 1. The molecule has 0 atom stereocenters. The van der Waals surface area contributed by atoms with E-state index in [-0.39, 0.29) is 13.4 Å². The molecule has 6 nitrogen and oxygen atoms in total. The predicted octanol–water partition coefficient (Wildman–Crippen LogP) is 24.7. The quantitative estimate of drug-likeness (QED) is 0.0893. The molecule has 4 heterocycles. The third-order valence-corrected chi connectivity index (χ3v) is 23.9. The summed E-state index contributed by atoms with van der Waals surface area (Å²) >= 11 is 0. The van der Waals surface area contributed by atoms with Crippen LogP contribution in [0.25, 0.3) is 76.5 Å². The Morgan fingerprint density at radius 2 is 0.526 bits per heavy atom. The summed E-state index contributed by atoms with van der Waals surface area (Å²) in [5, 5.41) is 9.49. The molecular weight excluding hydrogens is 1380 g/mol. The van der Waals surface area contributed by atoms with Crippen LogP contribution in [0.2, 0.25) is 0 Å². The molecule has 0 saturated carbocycles. The zero-order chi connectivity index (χ0) is 74.9. The minimum absolute atomic E-state index is 0.258. The van der Waals surface area contributed by atoms with Crippen LogP contribution in [-0.4, -0.2) is 13.4 Å². The van der Waals surface area contributed by atoms with Gasteiger partial charge in [0.1, 0.15) is 11.5 Å². The first kappa shape index (κ1) is 65.1. The van der Waals surface area contributed by atoms with E-state index in [2.05, 4.69) is 443 Å². The summed E-state index contributed by atoms with van der Waals surface area (Å²) in [6.45, 7) is -0.535. The van der Waals surface area contributed by atoms with E-state index < -0.39 is 0 Å². The van der Waals surface area contributed by atoms with Gasteiger partial charge < -0.3 is 29.2 Å². The average Bonchev–Trinajstić information content (AvgIpc) is 0.683. The molecular formula is C106H69B2N5O. The van der Waals surface area contributed by atoms with Crippen LogP contribution in [-0.2, 0) is 0 Å². The molecule has 530 valence electrons. The highest BCUT2D eigenvalue weighted by Gasteiger charge is 2.49. The lowest BCUT2D eigenvalue weighted by Crippen LogP contribution is -2.64. The van der Waals surface area contributed by atoms with Gasteiger partial charge in [0.05, 0.1) is 17.1 Å². The molecule has 0 bridgehead atoms. The van der Waals surface area contributed by atoms with E-state index in [0.29, 0.717) is 0 Å². The Labute approximate surface area is 662 Å². The smallest absolute Gasteiger partial charge is 0.256 e. The van der Waals surface area contributed by atoms with E-state index in [1.807, 2.05) is 0 Å². The standard InChI is InChI=1S/C106H69B2N5O/c1-8-34-70(35-9-1)101-81-48-22-24-50-83(81)103(84-51-25-23-49-82(84)101)72-60-62-78(63-61-72)112-94-59-33-31-57-90(94)108-92-68-91-95(69-99(92)114-100-67-80(66-98(112)105(100)108)110(75-42-16-5-17-43-75)76-44-18-6-19-45-76)113(106-87-54-28-26-52-85(87)102(71-36-10-2-11-37-71)86-53-27-29-55-88(86)106)97-65-79(109(73-38-12-3-13-39-73)74-40-14-4-15-41-74)64-96-104(97)107(91)89-56-30-32-58-93(89)111(96)77-46-20-7-21-47-77/h1-69H. The Kier molecular flexibility index (Phi) is 15.1. The molecule has 0 radical (unpaired) electrons. The molecule has 0 aromatic heterocycles. The third-order valence-electron chi connectivity index (χ3n) is 23.9. The van der Waals surface area contributed by atoms with Gasteiger partial charge in [-0.3, -0.25) is 0 Å². The number of nitrogens with zero attached hydrogens (tertiary/aromatic N) is 5. The average molecular weight is 1450 g/mol. The highest BCUT2D eigenvalue weighted by molar-refractivity contribution is 7.02. The summed E-state index contributed by atoms with van der Waals surface area (Å²) in [5.41, 5.74) is 30.1. The molecule has 114 heavy (non-hydrogen) atoms. The minimum Gasteiger partial charge on any atom is -0.458 e. The van der Waals surface area contributed by atoms with E-state index in [0.717, 1.165) is 124 Å². The van der Waals surface area contributed by atoms with Crippen molar-refractivity contribution in [2.24, 2.45) is 0 Å². The third kappa shape index (κ3) is 10.2. The number of hydrogen-bond donors (Lipinski definition) is 0. The molecule has 0 aliphatic carbocycles. The second-order valence-electron chi connectivity index (χ2n) is 30.1. The summed E-state index contributed by atoms with van der Waals surface area (Å²) in [7, 11) is 0. The van der Waals surface area contributed by atoms with Crippen molar-refractivity contribution in [3.05, 3.63) is 419 Å². The number of fused-ring (bicyclic) bond motifs is 12. The molecule has 0 fully saturated rings. The monoisotopic (exact) mass is 1450 g/mol. The van der Waals surface area contributed by atoms with Crippen molar-refractivity contribution >= 4 is 175 Å². The van der Waals surface area contributed by atoms with Crippen LogP contribution in [0.4, 0.5) is 85.3 Å². The van der Waals surface area contributed by atoms with Crippen molar-refractivity contribution < 1.29 is 4.74 Å². The molecule has 0 amide bonds. The van der Waals surface area contributed by atoms with E-state index in [4.69, 9.17) is 4.74 Å². The summed E-state index contributed by atoms with van der Waals surface area (Å²) in [5.74, 6) is 1.60. The van der Waals surface area contributed by atoms with Gasteiger partial charge in [0, 0.05) is 91.2 Å². The highest BCUT2D eigenvalue weighted by atomic mass is 16.5. The normalized spacial score (nSPS) is 12.7. The van der Waals surface area contributed by atoms with Crippen molar-refractivity contribution in [2.45, 2.75) is 0 Å². The van der Waals surface area contributed by atoms with Gasteiger partial charge in [-0.05, 0) is 202 Å². The Hall–Kier alpha value is -14.9. The van der Waals surface area contributed by atoms with Crippen molar-refractivity contribution in [1.29, 1.82) is 0 Å². The van der Waals surface area contributed by atoms with E-state index in [9.17, 15) is 0 Å². The van der Waals surface area contributed by atoms with Crippen LogP contribution in [0.3, 0.4) is 0 Å². The van der Waals surface area contributed by atoms with Gasteiger partial charge in [0.25, 0.3) is 13.4 Å². The van der Waals surface area contributed by atoms with Gasteiger partial charge in [-0.1, -0.05) is 303 Å². The summed E-state index contributed by atoms with van der Waals surface area (Å²) < 4.78 is 8.11. The van der Waals surface area contributed by atoms with E-state index in [1.165, 1.54) is 82.0 Å². The SMILES string of the molecule is c1ccc(-c2c3ccccc3c(-c3ccc(N4c5ccccc5B5c6cc7c(cc6Oc6cc(N(c8ccccc8)c8ccccc8)cc4c65)N(c4c5ccccc5c(-c5ccccc5)c5ccccc45)c4cc(N(c5ccccc5)c5ccccc5)cc5c4B7c4ccccc4N5c4ccccc4)cc3)c3ccccc23)cc1. The second kappa shape index (κ2) is 26.4.